The number of hydrogen-bond donors (Lipinski definition) is 1. The predicted molar refractivity (Wildman–Crippen MR) is 60.6 cm³/mol. The summed E-state index contributed by atoms with van der Waals surface area (Å²) in [6.45, 7) is 8.46. The molecule has 86 valence electrons. The molecule has 3 nitrogen and oxygen atoms in total. The van der Waals surface area contributed by atoms with Crippen LogP contribution in [0.1, 0.15) is 33.1 Å². The van der Waals surface area contributed by atoms with Crippen molar-refractivity contribution in [2.75, 3.05) is 26.2 Å². The molecule has 15 heavy (non-hydrogen) atoms. The van der Waals surface area contributed by atoms with Crippen LogP contribution in [0.5, 0.6) is 0 Å². The number of hydrogen-bond acceptors (Lipinski definition) is 2. The van der Waals surface area contributed by atoms with Gasteiger partial charge in [0, 0.05) is 6.54 Å². The largest absolute Gasteiger partial charge is 0.355 e. The van der Waals surface area contributed by atoms with Gasteiger partial charge in [0.25, 0.3) is 0 Å². The average molecular weight is 210 g/mol. The molecule has 0 aromatic rings. The Kier molecular flexibility index (Phi) is 3.01. The quantitative estimate of drug-likeness (QED) is 0.760. The summed E-state index contributed by atoms with van der Waals surface area (Å²) in [4.78, 5) is 14.6. The van der Waals surface area contributed by atoms with Crippen LogP contribution in [0.15, 0.2) is 0 Å². The first-order valence-electron chi connectivity index (χ1n) is 6.13. The molecule has 3 rings (SSSR count). The Morgan fingerprint density at radius 3 is 2.27 bits per heavy atom. The zero-order valence-corrected chi connectivity index (χ0v) is 9.88. The maximum absolute atomic E-state index is 12.2. The summed E-state index contributed by atoms with van der Waals surface area (Å²) in [5.41, 5.74) is -0.0103. The molecule has 0 aromatic carbocycles. The number of carbonyl (C=O) groups excluding carboxylic acids is 1. The maximum Gasteiger partial charge on any atom is 0.226 e. The van der Waals surface area contributed by atoms with Crippen LogP contribution in [0.4, 0.5) is 0 Å². The molecule has 0 radical (unpaired) electrons. The average Bonchev–Trinajstić information content (AvgIpc) is 2.28. The normalized spacial score (nSPS) is 34.5. The molecule has 0 aromatic heterocycles. The molecule has 2 bridgehead atoms. The minimum Gasteiger partial charge on any atom is -0.355 e. The topological polar surface area (TPSA) is 32.3 Å². The molecule has 0 spiro atoms. The highest BCUT2D eigenvalue weighted by molar-refractivity contribution is 5.83. The zero-order chi connectivity index (χ0) is 10.9. The Morgan fingerprint density at radius 2 is 1.80 bits per heavy atom. The van der Waals surface area contributed by atoms with Gasteiger partial charge >= 0.3 is 0 Å². The zero-order valence-electron chi connectivity index (χ0n) is 9.88. The third kappa shape index (κ3) is 2.17. The second-order valence-electron chi connectivity index (χ2n) is 5.48. The van der Waals surface area contributed by atoms with E-state index in [4.69, 9.17) is 0 Å². The molecule has 1 amide bonds. The lowest BCUT2D eigenvalue weighted by Crippen LogP contribution is -2.55. The SMILES string of the molecule is CC(C)CNC(=O)C12CCN(CC1)CC2. The molecule has 3 aliphatic heterocycles. The van der Waals surface area contributed by atoms with E-state index in [1.807, 2.05) is 0 Å². The number of carbonyl (C=O) groups is 1. The second kappa shape index (κ2) is 4.12. The fourth-order valence-corrected chi connectivity index (χ4v) is 2.65. The highest BCUT2D eigenvalue weighted by atomic mass is 16.2. The molecule has 3 fully saturated rings. The highest BCUT2D eigenvalue weighted by Crippen LogP contribution is 2.40. The highest BCUT2D eigenvalue weighted by Gasteiger charge is 2.44. The van der Waals surface area contributed by atoms with Gasteiger partial charge in [0.1, 0.15) is 0 Å². The summed E-state index contributed by atoms with van der Waals surface area (Å²) in [7, 11) is 0. The van der Waals surface area contributed by atoms with Crippen LogP contribution < -0.4 is 5.32 Å². The van der Waals surface area contributed by atoms with Gasteiger partial charge in [-0.15, -0.1) is 0 Å². The molecule has 0 atom stereocenters. The van der Waals surface area contributed by atoms with E-state index in [1.54, 1.807) is 0 Å². The van der Waals surface area contributed by atoms with E-state index in [-0.39, 0.29) is 5.41 Å². The molecule has 1 N–H and O–H groups in total. The van der Waals surface area contributed by atoms with Crippen LogP contribution in [-0.2, 0) is 4.79 Å². The van der Waals surface area contributed by atoms with Gasteiger partial charge < -0.3 is 10.2 Å². The molecule has 3 saturated heterocycles. The molecule has 0 unspecified atom stereocenters. The number of amides is 1. The third-order valence-electron chi connectivity index (χ3n) is 3.87. The first kappa shape index (κ1) is 10.9. The summed E-state index contributed by atoms with van der Waals surface area (Å²) >= 11 is 0. The van der Waals surface area contributed by atoms with Crippen LogP contribution in [0, 0.1) is 11.3 Å². The lowest BCUT2D eigenvalue weighted by atomic mass is 9.71. The lowest BCUT2D eigenvalue weighted by Gasteiger charge is -2.47. The van der Waals surface area contributed by atoms with Crippen molar-refractivity contribution in [2.45, 2.75) is 33.1 Å². The first-order chi connectivity index (χ1) is 7.12. The van der Waals surface area contributed by atoms with Crippen LogP contribution in [0.3, 0.4) is 0 Å². The van der Waals surface area contributed by atoms with Gasteiger partial charge in [-0.1, -0.05) is 13.8 Å². The van der Waals surface area contributed by atoms with E-state index in [0.29, 0.717) is 11.8 Å². The van der Waals surface area contributed by atoms with E-state index in [9.17, 15) is 4.79 Å². The van der Waals surface area contributed by atoms with Crippen molar-refractivity contribution in [3.8, 4) is 0 Å². The van der Waals surface area contributed by atoms with E-state index < -0.39 is 0 Å². The van der Waals surface area contributed by atoms with Crippen molar-refractivity contribution in [1.82, 2.24) is 10.2 Å². The van der Waals surface area contributed by atoms with Crippen LogP contribution in [0.2, 0.25) is 0 Å². The molecular formula is C12H22N2O. The van der Waals surface area contributed by atoms with Crippen molar-refractivity contribution in [2.24, 2.45) is 11.3 Å². The molecule has 0 aliphatic carbocycles. The minimum atomic E-state index is -0.0103. The maximum atomic E-state index is 12.2. The van der Waals surface area contributed by atoms with E-state index in [1.165, 1.54) is 0 Å². The van der Waals surface area contributed by atoms with Gasteiger partial charge in [-0.25, -0.2) is 0 Å². The van der Waals surface area contributed by atoms with Crippen LogP contribution >= 0.6 is 0 Å². The van der Waals surface area contributed by atoms with Crippen molar-refractivity contribution in [3.05, 3.63) is 0 Å². The Labute approximate surface area is 92.2 Å². The van der Waals surface area contributed by atoms with Gasteiger partial charge in [0.05, 0.1) is 5.41 Å². The summed E-state index contributed by atoms with van der Waals surface area (Å²) < 4.78 is 0. The summed E-state index contributed by atoms with van der Waals surface area (Å²) in [5, 5.41) is 3.11. The third-order valence-corrected chi connectivity index (χ3v) is 3.87. The number of piperidine rings is 3. The van der Waals surface area contributed by atoms with Gasteiger partial charge in [-0.05, 0) is 44.8 Å². The van der Waals surface area contributed by atoms with Gasteiger partial charge in [-0.2, -0.15) is 0 Å². The van der Waals surface area contributed by atoms with Crippen molar-refractivity contribution >= 4 is 5.91 Å². The van der Waals surface area contributed by atoms with Crippen molar-refractivity contribution in [3.63, 3.8) is 0 Å². The lowest BCUT2D eigenvalue weighted by molar-refractivity contribution is -0.138. The van der Waals surface area contributed by atoms with Gasteiger partial charge in [-0.3, -0.25) is 4.79 Å². The van der Waals surface area contributed by atoms with E-state index in [0.717, 1.165) is 45.4 Å². The fourth-order valence-electron chi connectivity index (χ4n) is 2.65. The standard InChI is InChI=1S/C12H22N2O/c1-10(2)9-13-11(15)12-3-6-14(7-4-12)8-5-12/h10H,3-9H2,1-2H3,(H,13,15). The Bertz CT molecular complexity index is 228. The smallest absolute Gasteiger partial charge is 0.226 e. The summed E-state index contributed by atoms with van der Waals surface area (Å²) in [6, 6.07) is 0. The van der Waals surface area contributed by atoms with E-state index in [2.05, 4.69) is 24.1 Å². The van der Waals surface area contributed by atoms with Crippen molar-refractivity contribution in [1.29, 1.82) is 0 Å². The van der Waals surface area contributed by atoms with E-state index >= 15 is 0 Å². The Balaban J connectivity index is 1.93. The molecule has 3 aliphatic rings. The second-order valence-corrected chi connectivity index (χ2v) is 5.48. The molecular weight excluding hydrogens is 188 g/mol. The van der Waals surface area contributed by atoms with Crippen molar-refractivity contribution < 1.29 is 4.79 Å². The summed E-state index contributed by atoms with van der Waals surface area (Å²) in [5.74, 6) is 0.865. The van der Waals surface area contributed by atoms with Gasteiger partial charge in [0.2, 0.25) is 5.91 Å². The van der Waals surface area contributed by atoms with Gasteiger partial charge in [0.15, 0.2) is 0 Å². The van der Waals surface area contributed by atoms with Crippen LogP contribution in [-0.4, -0.2) is 37.0 Å². The molecule has 3 heterocycles. The minimum absolute atomic E-state index is 0.0103. The Hall–Kier alpha value is -0.570. The first-order valence-corrected chi connectivity index (χ1v) is 6.13. The molecule has 0 saturated carbocycles. The Morgan fingerprint density at radius 1 is 1.27 bits per heavy atom. The monoisotopic (exact) mass is 210 g/mol. The summed E-state index contributed by atoms with van der Waals surface area (Å²) in [6.07, 6.45) is 3.20. The number of nitrogens with zero attached hydrogens (tertiary/aromatic N) is 1. The number of rotatable bonds is 3. The van der Waals surface area contributed by atoms with Crippen LogP contribution in [0.25, 0.3) is 0 Å². The number of fused-ring (bicyclic) bond motifs is 3. The predicted octanol–water partition coefficient (Wildman–Crippen LogP) is 1.24. The molecule has 3 heteroatoms. The number of nitrogens with one attached hydrogen (secondary N) is 1. The fraction of sp³-hybridized carbons (Fsp3) is 0.917.